The third kappa shape index (κ3) is 5.26. The maximum atomic E-state index is 12.6. The highest BCUT2D eigenvalue weighted by molar-refractivity contribution is 7.93. The summed E-state index contributed by atoms with van der Waals surface area (Å²) in [5.74, 6) is -0.0734. The van der Waals surface area contributed by atoms with Crippen LogP contribution in [-0.4, -0.2) is 55.5 Å². The Hall–Kier alpha value is -2.95. The third-order valence-electron chi connectivity index (χ3n) is 5.35. The van der Waals surface area contributed by atoms with E-state index in [-0.39, 0.29) is 17.2 Å². The monoisotopic (exact) mass is 472 g/mol. The molecule has 2 heterocycles. The van der Waals surface area contributed by atoms with Gasteiger partial charge in [-0.05, 0) is 29.8 Å². The highest BCUT2D eigenvalue weighted by Crippen LogP contribution is 2.23. The summed E-state index contributed by atoms with van der Waals surface area (Å²) in [6.45, 7) is 2.37. The zero-order valence-corrected chi connectivity index (χ0v) is 18.9. The standard InChI is InChI=1S/C22H24N4O4S2/c27-20(17-4-2-1-3-5-17)16-21(28)26-13-11-25(12-14-26)18-6-8-19(9-7-18)32(29,30)24-22-23-10-15-31-22/h1-10,15,20,27H,11-14,16H2,(H,23,24)/t20-/m1/s1. The average molecular weight is 473 g/mol. The maximum Gasteiger partial charge on any atom is 0.263 e. The summed E-state index contributed by atoms with van der Waals surface area (Å²) in [6, 6.07) is 15.9. The molecule has 0 unspecified atom stereocenters. The maximum absolute atomic E-state index is 12.6. The van der Waals surface area contributed by atoms with E-state index in [9.17, 15) is 18.3 Å². The lowest BCUT2D eigenvalue weighted by Crippen LogP contribution is -2.49. The zero-order valence-electron chi connectivity index (χ0n) is 17.3. The minimum Gasteiger partial charge on any atom is -0.388 e. The summed E-state index contributed by atoms with van der Waals surface area (Å²) < 4.78 is 27.4. The molecule has 32 heavy (non-hydrogen) atoms. The number of carbonyl (C=O) groups excluding carboxylic acids is 1. The summed E-state index contributed by atoms with van der Waals surface area (Å²) in [5.41, 5.74) is 1.63. The van der Waals surface area contributed by atoms with Gasteiger partial charge in [0.05, 0.1) is 17.4 Å². The van der Waals surface area contributed by atoms with Gasteiger partial charge in [-0.25, -0.2) is 13.4 Å². The van der Waals surface area contributed by atoms with E-state index in [0.717, 1.165) is 11.3 Å². The molecule has 0 radical (unpaired) electrons. The molecular formula is C22H24N4O4S2. The van der Waals surface area contributed by atoms with Crippen LogP contribution >= 0.6 is 11.3 Å². The van der Waals surface area contributed by atoms with Crippen LogP contribution in [0.15, 0.2) is 71.1 Å². The van der Waals surface area contributed by atoms with Crippen LogP contribution in [0.3, 0.4) is 0 Å². The van der Waals surface area contributed by atoms with Crippen LogP contribution in [0.4, 0.5) is 10.8 Å². The molecule has 1 atom stereocenters. The minimum absolute atomic E-state index is 0.0582. The molecule has 1 aliphatic rings. The highest BCUT2D eigenvalue weighted by Gasteiger charge is 2.24. The molecule has 10 heteroatoms. The number of piperazine rings is 1. The van der Waals surface area contributed by atoms with Crippen molar-refractivity contribution in [3.63, 3.8) is 0 Å². The Bertz CT molecular complexity index is 1130. The van der Waals surface area contributed by atoms with Crippen molar-refractivity contribution in [3.8, 4) is 0 Å². The van der Waals surface area contributed by atoms with Gasteiger partial charge in [-0.3, -0.25) is 9.52 Å². The second kappa shape index (κ2) is 9.68. The van der Waals surface area contributed by atoms with E-state index in [1.807, 2.05) is 30.3 Å². The van der Waals surface area contributed by atoms with Gasteiger partial charge in [-0.1, -0.05) is 30.3 Å². The Morgan fingerprint density at radius 2 is 1.75 bits per heavy atom. The SMILES string of the molecule is O=C(C[C@@H](O)c1ccccc1)N1CCN(c2ccc(S(=O)(=O)Nc3nccs3)cc2)CC1. The van der Waals surface area contributed by atoms with Crippen LogP contribution in [0.1, 0.15) is 18.1 Å². The van der Waals surface area contributed by atoms with Gasteiger partial charge in [0.15, 0.2) is 5.13 Å². The highest BCUT2D eigenvalue weighted by atomic mass is 32.2. The lowest BCUT2D eigenvalue weighted by Gasteiger charge is -2.36. The molecule has 0 aliphatic carbocycles. The Morgan fingerprint density at radius 3 is 2.38 bits per heavy atom. The largest absolute Gasteiger partial charge is 0.388 e. The van der Waals surface area contributed by atoms with Crippen molar-refractivity contribution in [1.29, 1.82) is 0 Å². The molecule has 1 fully saturated rings. The first-order valence-corrected chi connectivity index (χ1v) is 12.6. The first kappa shape index (κ1) is 22.3. The Balaban J connectivity index is 1.31. The number of aliphatic hydroxyl groups is 1. The van der Waals surface area contributed by atoms with Crippen LogP contribution in [0.5, 0.6) is 0 Å². The number of aliphatic hydroxyl groups excluding tert-OH is 1. The Kier molecular flexibility index (Phi) is 6.73. The van der Waals surface area contributed by atoms with Gasteiger partial charge in [0.1, 0.15) is 0 Å². The second-order valence-corrected chi connectivity index (χ2v) is 10.0. The molecule has 8 nitrogen and oxygen atoms in total. The minimum atomic E-state index is -3.68. The van der Waals surface area contributed by atoms with Crippen LogP contribution in [-0.2, 0) is 14.8 Å². The molecule has 3 aromatic rings. The second-order valence-electron chi connectivity index (χ2n) is 7.44. The number of nitrogens with zero attached hydrogens (tertiary/aromatic N) is 3. The van der Waals surface area contributed by atoms with Crippen LogP contribution in [0, 0.1) is 0 Å². The zero-order chi connectivity index (χ0) is 22.6. The molecule has 4 rings (SSSR count). The van der Waals surface area contributed by atoms with Gasteiger partial charge in [0.25, 0.3) is 10.0 Å². The van der Waals surface area contributed by atoms with Crippen molar-refractivity contribution in [2.75, 3.05) is 35.8 Å². The lowest BCUT2D eigenvalue weighted by molar-refractivity contribution is -0.133. The number of aromatic nitrogens is 1. The van der Waals surface area contributed by atoms with Crippen molar-refractivity contribution < 1.29 is 18.3 Å². The molecule has 0 bridgehead atoms. The van der Waals surface area contributed by atoms with Gasteiger partial charge < -0.3 is 14.9 Å². The van der Waals surface area contributed by atoms with Gasteiger partial charge in [0, 0.05) is 43.4 Å². The van der Waals surface area contributed by atoms with E-state index >= 15 is 0 Å². The van der Waals surface area contributed by atoms with E-state index in [4.69, 9.17) is 0 Å². The summed E-state index contributed by atoms with van der Waals surface area (Å²) in [7, 11) is -3.68. The molecule has 1 amide bonds. The number of carbonyl (C=O) groups is 1. The molecule has 0 spiro atoms. The molecular weight excluding hydrogens is 448 g/mol. The molecule has 2 aromatic carbocycles. The van der Waals surface area contributed by atoms with E-state index in [2.05, 4.69) is 14.6 Å². The van der Waals surface area contributed by atoms with Gasteiger partial charge in [0.2, 0.25) is 5.91 Å². The molecule has 0 saturated carbocycles. The van der Waals surface area contributed by atoms with Crippen molar-refractivity contribution in [1.82, 2.24) is 9.88 Å². The van der Waals surface area contributed by atoms with Gasteiger partial charge in [-0.15, -0.1) is 11.3 Å². The summed E-state index contributed by atoms with van der Waals surface area (Å²) >= 11 is 1.22. The number of hydrogen-bond acceptors (Lipinski definition) is 7. The summed E-state index contributed by atoms with van der Waals surface area (Å²) in [6.07, 6.45) is 0.787. The van der Waals surface area contributed by atoms with Crippen LogP contribution in [0.2, 0.25) is 0 Å². The van der Waals surface area contributed by atoms with Crippen LogP contribution in [0.25, 0.3) is 0 Å². The Labute approximate surface area is 191 Å². The molecule has 1 aromatic heterocycles. The fourth-order valence-corrected chi connectivity index (χ4v) is 5.37. The van der Waals surface area contributed by atoms with Crippen molar-refractivity contribution in [3.05, 3.63) is 71.7 Å². The molecule has 1 aliphatic heterocycles. The number of sulfonamides is 1. The third-order valence-corrected chi connectivity index (χ3v) is 7.52. The number of benzene rings is 2. The number of nitrogens with one attached hydrogen (secondary N) is 1. The predicted octanol–water partition coefficient (Wildman–Crippen LogP) is 2.72. The van der Waals surface area contributed by atoms with E-state index in [1.54, 1.807) is 40.7 Å². The summed E-state index contributed by atoms with van der Waals surface area (Å²) in [5, 5.41) is 12.3. The van der Waals surface area contributed by atoms with Crippen LogP contribution < -0.4 is 9.62 Å². The number of amides is 1. The fraction of sp³-hybridized carbons (Fsp3) is 0.273. The topological polar surface area (TPSA) is 103 Å². The van der Waals surface area contributed by atoms with E-state index in [0.29, 0.717) is 31.3 Å². The normalized spacial score (nSPS) is 15.4. The molecule has 1 saturated heterocycles. The number of thiazole rings is 1. The first-order chi connectivity index (χ1) is 15.4. The predicted molar refractivity (Wildman–Crippen MR) is 124 cm³/mol. The molecule has 2 N–H and O–H groups in total. The fourth-order valence-electron chi connectivity index (χ4n) is 3.59. The smallest absolute Gasteiger partial charge is 0.263 e. The number of anilines is 2. The number of rotatable bonds is 7. The number of hydrogen-bond donors (Lipinski definition) is 2. The lowest BCUT2D eigenvalue weighted by atomic mass is 10.1. The van der Waals surface area contributed by atoms with E-state index < -0.39 is 16.1 Å². The Morgan fingerprint density at radius 1 is 1.06 bits per heavy atom. The average Bonchev–Trinajstić information content (AvgIpc) is 3.32. The quantitative estimate of drug-likeness (QED) is 0.548. The van der Waals surface area contributed by atoms with Crippen molar-refractivity contribution in [2.45, 2.75) is 17.4 Å². The summed E-state index contributed by atoms with van der Waals surface area (Å²) in [4.78, 5) is 20.6. The van der Waals surface area contributed by atoms with E-state index in [1.165, 1.54) is 11.3 Å². The molecule has 168 valence electrons. The van der Waals surface area contributed by atoms with Crippen molar-refractivity contribution >= 4 is 38.1 Å². The first-order valence-electron chi connectivity index (χ1n) is 10.2. The van der Waals surface area contributed by atoms with Gasteiger partial charge in [-0.2, -0.15) is 0 Å². The van der Waals surface area contributed by atoms with Crippen molar-refractivity contribution in [2.24, 2.45) is 0 Å². The van der Waals surface area contributed by atoms with Gasteiger partial charge >= 0.3 is 0 Å².